The molecular weight excluding hydrogens is 530 g/mol. The van der Waals surface area contributed by atoms with Gasteiger partial charge in [-0.1, -0.05) is 209 Å². The Morgan fingerprint density at radius 3 is 0.955 bits per heavy atom. The third-order valence-electron chi connectivity index (χ3n) is 4.72. The minimum Gasteiger partial charge on any atom is -0.312 e. The van der Waals surface area contributed by atoms with Gasteiger partial charge in [0, 0.05) is 0 Å². The van der Waals surface area contributed by atoms with E-state index in [1.54, 1.807) is 0 Å². The molecule has 244 valence electrons. The van der Waals surface area contributed by atoms with Crippen molar-refractivity contribution in [2.45, 2.75) is 82.6 Å². The summed E-state index contributed by atoms with van der Waals surface area (Å²) in [4.78, 5) is 2.00. The van der Waals surface area contributed by atoms with Crippen LogP contribution < -0.4 is 0 Å². The molecule has 0 spiro atoms. The summed E-state index contributed by atoms with van der Waals surface area (Å²) in [6, 6.07) is 39.9. The van der Waals surface area contributed by atoms with Gasteiger partial charge in [-0.15, -0.1) is 0 Å². The average Bonchev–Trinajstić information content (AvgIpc) is 3.12. The van der Waals surface area contributed by atoms with Gasteiger partial charge in [0.25, 0.3) is 0 Å². The lowest BCUT2D eigenvalue weighted by Gasteiger charge is -2.01. The lowest BCUT2D eigenvalue weighted by molar-refractivity contribution is 0.505. The number of nitrogens with zero attached hydrogens (tertiary/aromatic N) is 1. The maximum atomic E-state index is 2.18. The molecule has 0 amide bonds. The van der Waals surface area contributed by atoms with Gasteiger partial charge in [-0.05, 0) is 62.3 Å². The van der Waals surface area contributed by atoms with Crippen LogP contribution in [0.5, 0.6) is 0 Å². The van der Waals surface area contributed by atoms with Gasteiger partial charge in [0.15, 0.2) is 0 Å². The number of hydrogen-bond donors (Lipinski definition) is 0. The maximum Gasteiger partial charge on any atom is -0.0140 e. The quantitative estimate of drug-likeness (QED) is 0.207. The standard InChI is InChI=1S/C18H18.C12H10.C3H9N.5C2H6/c1-2-3-4-6-9-16-12-14-18(15-13-16)17-10-7-5-8-11-17;1-3-7-11(8-4-1)12-9-5-2-6-10-12;1-4(2)3;5*1-2/h2-3,5-15H,4H2,1H3;1-10H;1-3H3;5*1-2H3. The van der Waals surface area contributed by atoms with Gasteiger partial charge in [0.1, 0.15) is 0 Å². The first-order chi connectivity index (χ1) is 21.6. The molecule has 0 aliphatic heterocycles. The Morgan fingerprint density at radius 1 is 0.409 bits per heavy atom. The average molecular weight is 598 g/mol. The highest BCUT2D eigenvalue weighted by Gasteiger charge is 1.95. The molecule has 0 N–H and O–H groups in total. The van der Waals surface area contributed by atoms with Crippen LogP contribution in [0.1, 0.15) is 88.1 Å². The van der Waals surface area contributed by atoms with Crippen LogP contribution in [0, 0.1) is 0 Å². The largest absolute Gasteiger partial charge is 0.312 e. The maximum absolute atomic E-state index is 2.18. The van der Waals surface area contributed by atoms with Crippen LogP contribution in [0.25, 0.3) is 28.3 Å². The number of hydrogen-bond acceptors (Lipinski definition) is 1. The van der Waals surface area contributed by atoms with Crippen LogP contribution in [0.2, 0.25) is 0 Å². The molecule has 1 nitrogen and oxygen atoms in total. The summed E-state index contributed by atoms with van der Waals surface area (Å²) in [5.74, 6) is 0. The fraction of sp³-hybridized carbons (Fsp3) is 0.349. The molecular formula is C43H67N. The molecule has 0 saturated heterocycles. The first-order valence-electron chi connectivity index (χ1n) is 16.7. The topological polar surface area (TPSA) is 3.24 Å². The third kappa shape index (κ3) is 27.2. The van der Waals surface area contributed by atoms with Crippen molar-refractivity contribution in [2.75, 3.05) is 21.1 Å². The second-order valence-electron chi connectivity index (χ2n) is 8.27. The number of benzene rings is 4. The van der Waals surface area contributed by atoms with E-state index in [4.69, 9.17) is 0 Å². The molecule has 0 radical (unpaired) electrons. The zero-order valence-electron chi connectivity index (χ0n) is 30.9. The van der Waals surface area contributed by atoms with E-state index in [0.29, 0.717) is 0 Å². The molecule has 4 rings (SSSR count). The Bertz CT molecular complexity index is 1040. The van der Waals surface area contributed by atoms with Crippen molar-refractivity contribution in [1.29, 1.82) is 0 Å². The molecule has 0 aromatic heterocycles. The first-order valence-corrected chi connectivity index (χ1v) is 16.7. The van der Waals surface area contributed by atoms with E-state index in [1.165, 1.54) is 27.8 Å². The van der Waals surface area contributed by atoms with Gasteiger partial charge in [0.2, 0.25) is 0 Å². The number of rotatable bonds is 5. The second-order valence-corrected chi connectivity index (χ2v) is 8.27. The molecule has 44 heavy (non-hydrogen) atoms. The highest BCUT2D eigenvalue weighted by Crippen LogP contribution is 2.20. The molecule has 0 atom stereocenters. The highest BCUT2D eigenvalue weighted by atomic mass is 15.0. The summed E-state index contributed by atoms with van der Waals surface area (Å²) >= 11 is 0. The van der Waals surface area contributed by atoms with Gasteiger partial charge < -0.3 is 4.90 Å². The monoisotopic (exact) mass is 598 g/mol. The Labute approximate surface area is 275 Å². The van der Waals surface area contributed by atoms with Gasteiger partial charge in [-0.25, -0.2) is 0 Å². The van der Waals surface area contributed by atoms with E-state index in [2.05, 4.69) is 121 Å². The molecule has 0 unspecified atom stereocenters. The smallest absolute Gasteiger partial charge is 0.0140 e. The van der Waals surface area contributed by atoms with E-state index in [9.17, 15) is 0 Å². The minimum absolute atomic E-state index is 0.997. The number of allylic oxidation sites excluding steroid dienone is 3. The van der Waals surface area contributed by atoms with E-state index in [1.807, 2.05) is 120 Å². The van der Waals surface area contributed by atoms with Crippen molar-refractivity contribution >= 4 is 6.08 Å². The van der Waals surface area contributed by atoms with Gasteiger partial charge >= 0.3 is 0 Å². The lowest BCUT2D eigenvalue weighted by atomic mass is 10.0. The summed E-state index contributed by atoms with van der Waals surface area (Å²) in [5, 5.41) is 0. The molecule has 0 saturated carbocycles. The normalized spacial score (nSPS) is 8.80. The van der Waals surface area contributed by atoms with Crippen molar-refractivity contribution in [3.8, 4) is 22.3 Å². The van der Waals surface area contributed by atoms with Crippen LogP contribution in [-0.4, -0.2) is 26.0 Å². The Kier molecular flexibility index (Phi) is 42.2. The first kappa shape index (κ1) is 47.3. The van der Waals surface area contributed by atoms with Crippen molar-refractivity contribution in [1.82, 2.24) is 4.90 Å². The molecule has 4 aromatic rings. The van der Waals surface area contributed by atoms with Crippen molar-refractivity contribution < 1.29 is 0 Å². The molecule has 0 bridgehead atoms. The van der Waals surface area contributed by atoms with Crippen molar-refractivity contribution in [3.05, 3.63) is 139 Å². The zero-order chi connectivity index (χ0) is 34.4. The molecule has 0 aliphatic carbocycles. The van der Waals surface area contributed by atoms with Gasteiger partial charge in [0.05, 0.1) is 0 Å². The van der Waals surface area contributed by atoms with Crippen molar-refractivity contribution in [2.24, 2.45) is 0 Å². The summed E-state index contributed by atoms with van der Waals surface area (Å²) in [6.07, 6.45) is 9.56. The molecule has 4 aromatic carbocycles. The Hall–Kier alpha value is -3.68. The van der Waals surface area contributed by atoms with Gasteiger partial charge in [-0.3, -0.25) is 0 Å². The van der Waals surface area contributed by atoms with Crippen molar-refractivity contribution in [3.63, 3.8) is 0 Å². The summed E-state index contributed by atoms with van der Waals surface area (Å²) in [7, 11) is 6.00. The predicted molar refractivity (Wildman–Crippen MR) is 209 cm³/mol. The predicted octanol–water partition coefficient (Wildman–Crippen LogP) is 14.0. The van der Waals surface area contributed by atoms with E-state index >= 15 is 0 Å². The highest BCUT2D eigenvalue weighted by molar-refractivity contribution is 5.65. The molecule has 0 aliphatic rings. The molecule has 0 fully saturated rings. The van der Waals surface area contributed by atoms with Crippen LogP contribution in [0.15, 0.2) is 133 Å². The summed E-state index contributed by atoms with van der Waals surface area (Å²) in [5.41, 5.74) is 6.33. The van der Waals surface area contributed by atoms with Crippen LogP contribution in [0.3, 0.4) is 0 Å². The van der Waals surface area contributed by atoms with E-state index < -0.39 is 0 Å². The lowest BCUT2D eigenvalue weighted by Crippen LogP contribution is -1.99. The second kappa shape index (κ2) is 39.3. The summed E-state index contributed by atoms with van der Waals surface area (Å²) in [6.45, 7) is 22.0. The van der Waals surface area contributed by atoms with E-state index in [0.717, 1.165) is 6.42 Å². The fourth-order valence-electron chi connectivity index (χ4n) is 3.10. The van der Waals surface area contributed by atoms with Crippen LogP contribution >= 0.6 is 0 Å². The van der Waals surface area contributed by atoms with Gasteiger partial charge in [-0.2, -0.15) is 0 Å². The fourth-order valence-corrected chi connectivity index (χ4v) is 3.10. The SMILES string of the molecule is CC.CC.CC.CC.CC.CC=CCC=Cc1ccc(-c2ccccc2)cc1.CN(C)C.c1ccc(-c2ccccc2)cc1. The molecule has 0 heterocycles. The Morgan fingerprint density at radius 2 is 0.682 bits per heavy atom. The minimum atomic E-state index is 0.997. The summed E-state index contributed by atoms with van der Waals surface area (Å²) < 4.78 is 0. The zero-order valence-corrected chi connectivity index (χ0v) is 30.9. The van der Waals surface area contributed by atoms with Crippen LogP contribution in [-0.2, 0) is 0 Å². The Balaban J connectivity index is -0.000000266. The third-order valence-corrected chi connectivity index (χ3v) is 4.72. The molecule has 1 heteroatoms. The van der Waals surface area contributed by atoms with E-state index in [-0.39, 0.29) is 0 Å². The van der Waals surface area contributed by atoms with Crippen LogP contribution in [0.4, 0.5) is 0 Å².